The first kappa shape index (κ1) is 26.1. The molecule has 0 unspecified atom stereocenters. The Morgan fingerprint density at radius 1 is 0.426 bits per heavy atom. The van der Waals surface area contributed by atoms with Gasteiger partial charge < -0.3 is 9.13 Å². The number of aromatic nitrogens is 2. The van der Waals surface area contributed by atoms with Gasteiger partial charge in [0.05, 0.1) is 32.3 Å². The van der Waals surface area contributed by atoms with Crippen LogP contribution < -0.4 is 0 Å². The van der Waals surface area contributed by atoms with Gasteiger partial charge in [-0.15, -0.1) is 11.3 Å². The largest absolute Gasteiger partial charge is 0.309 e. The van der Waals surface area contributed by atoms with Crippen LogP contribution in [0.25, 0.3) is 86.3 Å². The number of thiophene rings is 1. The first-order valence-corrected chi connectivity index (χ1v) is 16.6. The van der Waals surface area contributed by atoms with Crippen LogP contribution in [0, 0.1) is 11.3 Å². The van der Waals surface area contributed by atoms with Crippen molar-refractivity contribution in [1.82, 2.24) is 9.13 Å². The molecule has 0 aliphatic rings. The highest BCUT2D eigenvalue weighted by atomic mass is 32.1. The van der Waals surface area contributed by atoms with Crippen molar-refractivity contribution >= 4 is 75.1 Å². The summed E-state index contributed by atoms with van der Waals surface area (Å²) >= 11 is 1.71. The summed E-state index contributed by atoms with van der Waals surface area (Å²) in [7, 11) is 0. The van der Waals surface area contributed by atoms with Gasteiger partial charge in [0.1, 0.15) is 6.07 Å². The van der Waals surface area contributed by atoms with E-state index in [-0.39, 0.29) is 0 Å². The Balaban J connectivity index is 1.17. The fourth-order valence-electron chi connectivity index (χ4n) is 7.48. The molecule has 0 radical (unpaired) electrons. The van der Waals surface area contributed by atoms with Crippen LogP contribution in [0.3, 0.4) is 0 Å². The van der Waals surface area contributed by atoms with Crippen molar-refractivity contribution in [1.29, 1.82) is 5.26 Å². The molecule has 0 N–H and O–H groups in total. The zero-order valence-corrected chi connectivity index (χ0v) is 26.0. The van der Waals surface area contributed by atoms with Gasteiger partial charge in [0.15, 0.2) is 0 Å². The molecule has 10 rings (SSSR count). The lowest BCUT2D eigenvalue weighted by Gasteiger charge is -2.12. The first-order chi connectivity index (χ1) is 23.3. The maximum atomic E-state index is 9.78. The Morgan fingerprint density at radius 2 is 0.936 bits per heavy atom. The van der Waals surface area contributed by atoms with E-state index in [1.54, 1.807) is 11.3 Å². The van der Waals surface area contributed by atoms with Gasteiger partial charge in [-0.05, 0) is 71.8 Å². The Hall–Kier alpha value is -6.15. The van der Waals surface area contributed by atoms with Gasteiger partial charge in [0, 0.05) is 48.4 Å². The van der Waals surface area contributed by atoms with E-state index < -0.39 is 0 Å². The summed E-state index contributed by atoms with van der Waals surface area (Å²) in [4.78, 5) is 0. The zero-order chi connectivity index (χ0) is 31.1. The average molecular weight is 616 g/mol. The van der Waals surface area contributed by atoms with Crippen LogP contribution in [0.4, 0.5) is 0 Å². The molecule has 47 heavy (non-hydrogen) atoms. The number of nitriles is 1. The minimum Gasteiger partial charge on any atom is -0.309 e. The smallest absolute Gasteiger partial charge is 0.101 e. The van der Waals surface area contributed by atoms with Crippen LogP contribution in [0.2, 0.25) is 0 Å². The molecule has 218 valence electrons. The third-order valence-corrected chi connectivity index (χ3v) is 10.7. The van der Waals surface area contributed by atoms with Gasteiger partial charge in [-0.3, -0.25) is 0 Å². The maximum Gasteiger partial charge on any atom is 0.101 e. The summed E-state index contributed by atoms with van der Waals surface area (Å²) in [5.74, 6) is 0. The van der Waals surface area contributed by atoms with Gasteiger partial charge >= 0.3 is 0 Å². The molecule has 4 heteroatoms. The third-order valence-electron chi connectivity index (χ3n) is 9.53. The first-order valence-electron chi connectivity index (χ1n) is 15.7. The monoisotopic (exact) mass is 615 g/mol. The van der Waals surface area contributed by atoms with E-state index >= 15 is 0 Å². The number of para-hydroxylation sites is 3. The summed E-state index contributed by atoms with van der Waals surface area (Å²) in [6.45, 7) is 0. The van der Waals surface area contributed by atoms with E-state index in [1.165, 1.54) is 59.3 Å². The highest BCUT2D eigenvalue weighted by Crippen LogP contribution is 2.42. The Kier molecular flexibility index (Phi) is 5.51. The zero-order valence-electron chi connectivity index (χ0n) is 25.2. The maximum absolute atomic E-state index is 9.78. The molecule has 3 nitrogen and oxygen atoms in total. The third kappa shape index (κ3) is 3.78. The molecule has 0 saturated heterocycles. The number of benzene rings is 7. The summed E-state index contributed by atoms with van der Waals surface area (Å²) < 4.78 is 7.01. The summed E-state index contributed by atoms with van der Waals surface area (Å²) in [5.41, 5.74) is 10.1. The molecule has 3 aromatic heterocycles. The molecule has 0 aliphatic heterocycles. The second-order valence-electron chi connectivity index (χ2n) is 12.1. The van der Waals surface area contributed by atoms with Gasteiger partial charge in [-0.25, -0.2) is 0 Å². The SMILES string of the molecule is N#Cc1cccc2c1sc1cc3c(cc12)c1ccccc1n3-c1cccc(-c2cccc(-n3c4ccccc4c4ccccc43)c2)c1. The fraction of sp³-hybridized carbons (Fsp3) is 0. The van der Waals surface area contributed by atoms with E-state index in [9.17, 15) is 5.26 Å². The van der Waals surface area contributed by atoms with Gasteiger partial charge in [0.25, 0.3) is 0 Å². The van der Waals surface area contributed by atoms with Crippen molar-refractivity contribution in [3.8, 4) is 28.6 Å². The molecule has 0 saturated carbocycles. The predicted molar refractivity (Wildman–Crippen MR) is 198 cm³/mol. The summed E-state index contributed by atoms with van der Waals surface area (Å²) in [6.07, 6.45) is 0. The van der Waals surface area contributed by atoms with Gasteiger partial charge in [0.2, 0.25) is 0 Å². The summed E-state index contributed by atoms with van der Waals surface area (Å²) in [6, 6.07) is 56.8. The molecule has 0 aliphatic carbocycles. The molecular formula is C43H25N3S. The lowest BCUT2D eigenvalue weighted by molar-refractivity contribution is 1.17. The van der Waals surface area contributed by atoms with E-state index in [1.807, 2.05) is 12.1 Å². The van der Waals surface area contributed by atoms with Crippen molar-refractivity contribution in [3.63, 3.8) is 0 Å². The highest BCUT2D eigenvalue weighted by Gasteiger charge is 2.17. The quantitative estimate of drug-likeness (QED) is 0.195. The van der Waals surface area contributed by atoms with Crippen molar-refractivity contribution in [2.45, 2.75) is 0 Å². The van der Waals surface area contributed by atoms with Crippen LogP contribution in [0.5, 0.6) is 0 Å². The lowest BCUT2D eigenvalue weighted by atomic mass is 10.0. The molecule has 0 fully saturated rings. The number of hydrogen-bond acceptors (Lipinski definition) is 2. The van der Waals surface area contributed by atoms with Crippen molar-refractivity contribution in [2.24, 2.45) is 0 Å². The number of nitrogens with zero attached hydrogens (tertiary/aromatic N) is 3. The van der Waals surface area contributed by atoms with Gasteiger partial charge in [-0.2, -0.15) is 5.26 Å². The minimum absolute atomic E-state index is 0.733. The molecule has 0 bridgehead atoms. The van der Waals surface area contributed by atoms with E-state index in [2.05, 4.69) is 155 Å². The Morgan fingerprint density at radius 3 is 1.53 bits per heavy atom. The highest BCUT2D eigenvalue weighted by molar-refractivity contribution is 7.26. The number of rotatable bonds is 3. The second-order valence-corrected chi connectivity index (χ2v) is 13.1. The Bertz CT molecular complexity index is 2880. The summed E-state index contributed by atoms with van der Waals surface area (Å²) in [5, 5.41) is 17.1. The number of fused-ring (bicyclic) bond motifs is 9. The molecule has 0 spiro atoms. The van der Waals surface area contributed by atoms with E-state index in [4.69, 9.17) is 0 Å². The van der Waals surface area contributed by atoms with E-state index in [0.29, 0.717) is 0 Å². The second kappa shape index (κ2) is 9.92. The standard InChI is InChI=1S/C43H25N3S/c44-26-29-12-9-18-35-37-24-36-34-17-3-6-21-40(34)46(41(36)25-42(37)47-43(29)35)31-14-8-11-28(23-31)27-10-7-13-30(22-27)45-38-19-4-1-15-32(38)33-16-2-5-20-39(33)45/h1-25H. The van der Waals surface area contributed by atoms with E-state index in [0.717, 1.165) is 32.6 Å². The normalized spacial score (nSPS) is 11.8. The van der Waals surface area contributed by atoms with Crippen LogP contribution in [0.15, 0.2) is 152 Å². The molecule has 3 heterocycles. The minimum atomic E-state index is 0.733. The molecule has 10 aromatic rings. The van der Waals surface area contributed by atoms with Crippen LogP contribution in [-0.2, 0) is 0 Å². The van der Waals surface area contributed by atoms with Crippen LogP contribution in [0.1, 0.15) is 5.56 Å². The molecule has 0 amide bonds. The van der Waals surface area contributed by atoms with Crippen molar-refractivity contribution < 1.29 is 0 Å². The van der Waals surface area contributed by atoms with Crippen LogP contribution in [-0.4, -0.2) is 9.13 Å². The Labute approximate surface area is 274 Å². The van der Waals surface area contributed by atoms with Crippen LogP contribution >= 0.6 is 11.3 Å². The van der Waals surface area contributed by atoms with Gasteiger partial charge in [-0.1, -0.05) is 91.0 Å². The molecular weight excluding hydrogens is 591 g/mol. The molecule has 0 atom stereocenters. The number of hydrogen-bond donors (Lipinski definition) is 0. The van der Waals surface area contributed by atoms with Crippen molar-refractivity contribution in [2.75, 3.05) is 0 Å². The predicted octanol–water partition coefficient (Wildman–Crippen LogP) is 11.8. The average Bonchev–Trinajstić information content (AvgIpc) is 3.78. The molecule has 7 aromatic carbocycles. The van der Waals surface area contributed by atoms with Crippen molar-refractivity contribution in [3.05, 3.63) is 157 Å². The lowest BCUT2D eigenvalue weighted by Crippen LogP contribution is -1.96. The fourth-order valence-corrected chi connectivity index (χ4v) is 8.66. The topological polar surface area (TPSA) is 33.6 Å².